The summed E-state index contributed by atoms with van der Waals surface area (Å²) in [7, 11) is 0. The van der Waals surface area contributed by atoms with Crippen LogP contribution in [0.2, 0.25) is 0 Å². The Morgan fingerprint density at radius 1 is 0.923 bits per heavy atom. The SMILES string of the molecule is CCC=NCCNCCN=CCC. The van der Waals surface area contributed by atoms with Crippen LogP contribution in [0, 0.1) is 0 Å². The summed E-state index contributed by atoms with van der Waals surface area (Å²) in [6, 6.07) is 0. The number of rotatable bonds is 8. The average Bonchev–Trinajstić information content (AvgIpc) is 2.16. The fourth-order valence-electron chi connectivity index (χ4n) is 0.853. The number of nitrogens with zero attached hydrogens (tertiary/aromatic N) is 2. The molecular weight excluding hydrogens is 162 g/mol. The molecule has 3 heteroatoms. The van der Waals surface area contributed by atoms with E-state index in [9.17, 15) is 0 Å². The van der Waals surface area contributed by atoms with Crippen molar-refractivity contribution in [2.24, 2.45) is 9.98 Å². The van der Waals surface area contributed by atoms with Gasteiger partial charge in [0.05, 0.1) is 13.1 Å². The molecule has 0 aromatic carbocycles. The highest BCUT2D eigenvalue weighted by atomic mass is 14.9. The van der Waals surface area contributed by atoms with Crippen molar-refractivity contribution in [1.82, 2.24) is 5.32 Å². The van der Waals surface area contributed by atoms with Crippen molar-refractivity contribution in [3.63, 3.8) is 0 Å². The van der Waals surface area contributed by atoms with E-state index in [2.05, 4.69) is 29.1 Å². The topological polar surface area (TPSA) is 36.8 Å². The third kappa shape index (κ3) is 11.3. The van der Waals surface area contributed by atoms with E-state index in [-0.39, 0.29) is 0 Å². The van der Waals surface area contributed by atoms with Gasteiger partial charge in [0.15, 0.2) is 0 Å². The van der Waals surface area contributed by atoms with Crippen LogP contribution in [0.5, 0.6) is 0 Å². The lowest BCUT2D eigenvalue weighted by atomic mass is 10.5. The minimum absolute atomic E-state index is 0.880. The van der Waals surface area contributed by atoms with Gasteiger partial charge in [-0.1, -0.05) is 13.8 Å². The normalized spacial score (nSPS) is 11.8. The van der Waals surface area contributed by atoms with Crippen LogP contribution in [0.4, 0.5) is 0 Å². The quantitative estimate of drug-likeness (QED) is 0.450. The second-order valence-corrected chi connectivity index (χ2v) is 2.74. The molecule has 0 radical (unpaired) electrons. The van der Waals surface area contributed by atoms with Crippen LogP contribution < -0.4 is 5.32 Å². The maximum Gasteiger partial charge on any atom is 0.0510 e. The molecule has 0 aromatic rings. The van der Waals surface area contributed by atoms with Crippen LogP contribution in [0.15, 0.2) is 9.98 Å². The minimum atomic E-state index is 0.880. The van der Waals surface area contributed by atoms with Crippen LogP contribution >= 0.6 is 0 Å². The number of aliphatic imine (C=N–C) groups is 2. The van der Waals surface area contributed by atoms with Crippen LogP contribution in [-0.4, -0.2) is 38.6 Å². The van der Waals surface area contributed by atoms with Gasteiger partial charge in [0.2, 0.25) is 0 Å². The van der Waals surface area contributed by atoms with Gasteiger partial charge in [0.25, 0.3) is 0 Å². The lowest BCUT2D eigenvalue weighted by Gasteiger charge is -1.98. The molecule has 0 amide bonds. The second kappa shape index (κ2) is 11.3. The predicted octanol–water partition coefficient (Wildman–Crippen LogP) is 1.54. The van der Waals surface area contributed by atoms with Gasteiger partial charge in [-0.2, -0.15) is 0 Å². The Kier molecular flexibility index (Phi) is 10.7. The second-order valence-electron chi connectivity index (χ2n) is 2.74. The van der Waals surface area contributed by atoms with E-state index >= 15 is 0 Å². The molecule has 76 valence electrons. The minimum Gasteiger partial charge on any atom is -0.313 e. The monoisotopic (exact) mass is 183 g/mol. The summed E-state index contributed by atoms with van der Waals surface area (Å²) in [6.07, 6.45) is 5.97. The molecule has 0 saturated heterocycles. The standard InChI is InChI=1S/C10H21N3/c1-3-5-11-7-9-13-10-8-12-6-4-2/h5-6,13H,3-4,7-10H2,1-2H3. The average molecular weight is 183 g/mol. The maximum absolute atomic E-state index is 4.20. The largest absolute Gasteiger partial charge is 0.313 e. The summed E-state index contributed by atoms with van der Waals surface area (Å²) in [5.74, 6) is 0. The first kappa shape index (κ1) is 12.3. The van der Waals surface area contributed by atoms with Gasteiger partial charge in [-0.25, -0.2) is 0 Å². The summed E-state index contributed by atoms with van der Waals surface area (Å²) in [5, 5.41) is 3.28. The Hall–Kier alpha value is -0.700. The van der Waals surface area contributed by atoms with Crippen molar-refractivity contribution in [3.05, 3.63) is 0 Å². The molecule has 0 aliphatic rings. The maximum atomic E-state index is 4.20. The summed E-state index contributed by atoms with van der Waals surface area (Å²) < 4.78 is 0. The molecule has 0 rings (SSSR count). The molecule has 0 fully saturated rings. The zero-order valence-corrected chi connectivity index (χ0v) is 8.79. The third-order valence-electron chi connectivity index (χ3n) is 1.46. The van der Waals surface area contributed by atoms with Crippen molar-refractivity contribution in [2.75, 3.05) is 26.2 Å². The first-order valence-electron chi connectivity index (χ1n) is 5.09. The van der Waals surface area contributed by atoms with Crippen LogP contribution in [0.3, 0.4) is 0 Å². The lowest BCUT2D eigenvalue weighted by Crippen LogP contribution is -2.20. The van der Waals surface area contributed by atoms with Gasteiger partial charge in [-0.3, -0.25) is 9.98 Å². The molecule has 0 bridgehead atoms. The van der Waals surface area contributed by atoms with E-state index in [1.54, 1.807) is 0 Å². The Bertz CT molecular complexity index is 125. The molecule has 0 spiro atoms. The highest BCUT2D eigenvalue weighted by molar-refractivity contribution is 5.56. The van der Waals surface area contributed by atoms with Crippen molar-refractivity contribution in [3.8, 4) is 0 Å². The molecule has 0 aliphatic carbocycles. The van der Waals surface area contributed by atoms with E-state index in [1.165, 1.54) is 0 Å². The first-order valence-corrected chi connectivity index (χ1v) is 5.09. The molecule has 0 unspecified atom stereocenters. The molecule has 0 aliphatic heterocycles. The van der Waals surface area contributed by atoms with Gasteiger partial charge in [0.1, 0.15) is 0 Å². The lowest BCUT2D eigenvalue weighted by molar-refractivity contribution is 0.698. The smallest absolute Gasteiger partial charge is 0.0510 e. The van der Waals surface area contributed by atoms with E-state index in [4.69, 9.17) is 0 Å². The van der Waals surface area contributed by atoms with E-state index in [1.807, 2.05) is 12.4 Å². The molecule has 0 aromatic heterocycles. The fourth-order valence-corrected chi connectivity index (χ4v) is 0.853. The van der Waals surface area contributed by atoms with E-state index in [0.29, 0.717) is 0 Å². The van der Waals surface area contributed by atoms with Gasteiger partial charge < -0.3 is 5.32 Å². The third-order valence-corrected chi connectivity index (χ3v) is 1.46. The highest BCUT2D eigenvalue weighted by Crippen LogP contribution is 1.73. The van der Waals surface area contributed by atoms with E-state index in [0.717, 1.165) is 39.0 Å². The van der Waals surface area contributed by atoms with Crippen molar-refractivity contribution in [1.29, 1.82) is 0 Å². The Labute approximate surface area is 81.4 Å². The van der Waals surface area contributed by atoms with Gasteiger partial charge in [-0.05, 0) is 25.3 Å². The van der Waals surface area contributed by atoms with Gasteiger partial charge in [0, 0.05) is 13.1 Å². The zero-order chi connectivity index (χ0) is 9.78. The predicted molar refractivity (Wildman–Crippen MR) is 60.2 cm³/mol. The molecular formula is C10H21N3. The highest BCUT2D eigenvalue weighted by Gasteiger charge is 1.82. The Morgan fingerprint density at radius 2 is 1.38 bits per heavy atom. The Morgan fingerprint density at radius 3 is 1.77 bits per heavy atom. The van der Waals surface area contributed by atoms with Crippen molar-refractivity contribution in [2.45, 2.75) is 26.7 Å². The summed E-state index contributed by atoms with van der Waals surface area (Å²) >= 11 is 0. The number of nitrogens with one attached hydrogen (secondary N) is 1. The van der Waals surface area contributed by atoms with Crippen LogP contribution in [-0.2, 0) is 0 Å². The molecule has 1 N–H and O–H groups in total. The summed E-state index contributed by atoms with van der Waals surface area (Å²) in [5.41, 5.74) is 0. The number of hydrogen-bond acceptors (Lipinski definition) is 3. The molecule has 3 nitrogen and oxygen atoms in total. The number of hydrogen-bond donors (Lipinski definition) is 1. The zero-order valence-electron chi connectivity index (χ0n) is 8.79. The molecule has 0 atom stereocenters. The van der Waals surface area contributed by atoms with Crippen molar-refractivity contribution >= 4 is 12.4 Å². The van der Waals surface area contributed by atoms with Gasteiger partial charge in [-0.15, -0.1) is 0 Å². The molecule has 13 heavy (non-hydrogen) atoms. The summed E-state index contributed by atoms with van der Waals surface area (Å²) in [6.45, 7) is 7.86. The van der Waals surface area contributed by atoms with Crippen LogP contribution in [0.25, 0.3) is 0 Å². The first-order chi connectivity index (χ1) is 6.41. The van der Waals surface area contributed by atoms with Crippen molar-refractivity contribution < 1.29 is 0 Å². The Balaban J connectivity index is 2.99. The van der Waals surface area contributed by atoms with Crippen LogP contribution in [0.1, 0.15) is 26.7 Å². The molecule has 0 saturated carbocycles. The van der Waals surface area contributed by atoms with Gasteiger partial charge >= 0.3 is 0 Å². The fraction of sp³-hybridized carbons (Fsp3) is 0.800. The summed E-state index contributed by atoms with van der Waals surface area (Å²) in [4.78, 5) is 8.40. The molecule has 0 heterocycles. The van der Waals surface area contributed by atoms with E-state index < -0.39 is 0 Å².